The SMILES string of the molecule is COCCCn1c(C)c[n+]2c1N=C1C2C(=O)N(CCN2CCCCC2)C(=O)N1C. The fourth-order valence-electron chi connectivity index (χ4n) is 4.50. The van der Waals surface area contributed by atoms with Gasteiger partial charge in [-0.25, -0.2) is 13.9 Å². The molecule has 3 aliphatic rings. The summed E-state index contributed by atoms with van der Waals surface area (Å²) in [6.07, 6.45) is 6.47. The summed E-state index contributed by atoms with van der Waals surface area (Å²) >= 11 is 0. The topological polar surface area (TPSA) is 74.3 Å². The van der Waals surface area contributed by atoms with Crippen molar-refractivity contribution in [2.75, 3.05) is 46.9 Å². The summed E-state index contributed by atoms with van der Waals surface area (Å²) in [5.74, 6) is 1.07. The number of likely N-dealkylation sites (tertiary alicyclic amines) is 1. The third-order valence-electron chi connectivity index (χ3n) is 6.14. The number of fused-ring (bicyclic) bond motifs is 3. The third-order valence-corrected chi connectivity index (χ3v) is 6.14. The van der Waals surface area contributed by atoms with E-state index in [-0.39, 0.29) is 11.9 Å². The van der Waals surface area contributed by atoms with E-state index in [2.05, 4.69) is 14.5 Å². The third kappa shape index (κ3) is 3.57. The number of likely N-dealkylation sites (N-methyl/N-ethyl adjacent to an activating group) is 1. The first-order valence-electron chi connectivity index (χ1n) is 10.5. The molecule has 0 saturated carbocycles. The molecule has 1 aromatic heterocycles. The Morgan fingerprint density at radius 2 is 1.93 bits per heavy atom. The minimum atomic E-state index is -0.559. The van der Waals surface area contributed by atoms with Gasteiger partial charge >= 0.3 is 12.0 Å². The van der Waals surface area contributed by atoms with Gasteiger partial charge in [0.15, 0.2) is 0 Å². The number of amides is 3. The summed E-state index contributed by atoms with van der Waals surface area (Å²) in [4.78, 5) is 36.2. The molecule has 1 atom stereocenters. The van der Waals surface area contributed by atoms with E-state index in [4.69, 9.17) is 4.74 Å². The molecule has 0 aliphatic carbocycles. The number of carbonyl (C=O) groups excluding carboxylic acids is 2. The average Bonchev–Trinajstić information content (AvgIpc) is 3.23. The van der Waals surface area contributed by atoms with Crippen LogP contribution in [0.15, 0.2) is 11.2 Å². The van der Waals surface area contributed by atoms with Crippen LogP contribution in [-0.4, -0.2) is 84.0 Å². The lowest BCUT2D eigenvalue weighted by atomic mass is 10.1. The molecule has 4 rings (SSSR count). The molecule has 2 fully saturated rings. The molecule has 4 heterocycles. The number of aliphatic imine (C=N–C) groups is 1. The van der Waals surface area contributed by atoms with Gasteiger partial charge in [0.25, 0.3) is 5.91 Å². The van der Waals surface area contributed by atoms with Crippen molar-refractivity contribution in [1.29, 1.82) is 0 Å². The fraction of sp³-hybridized carbons (Fsp3) is 0.700. The van der Waals surface area contributed by atoms with Gasteiger partial charge in [-0.1, -0.05) is 11.4 Å². The van der Waals surface area contributed by atoms with E-state index in [1.165, 1.54) is 29.1 Å². The molecule has 3 amide bonds. The number of imide groups is 1. The largest absolute Gasteiger partial charge is 0.401 e. The van der Waals surface area contributed by atoms with E-state index in [9.17, 15) is 9.59 Å². The highest BCUT2D eigenvalue weighted by Gasteiger charge is 2.53. The van der Waals surface area contributed by atoms with Gasteiger partial charge in [-0.05, 0) is 32.9 Å². The maximum Gasteiger partial charge on any atom is 0.401 e. The van der Waals surface area contributed by atoms with Crippen molar-refractivity contribution in [3.63, 3.8) is 0 Å². The molecule has 158 valence electrons. The van der Waals surface area contributed by atoms with Gasteiger partial charge in [0.05, 0.1) is 6.54 Å². The average molecular weight is 404 g/mol. The number of hydrogen-bond acceptors (Lipinski definition) is 5. The maximum atomic E-state index is 13.3. The van der Waals surface area contributed by atoms with E-state index in [1.54, 1.807) is 14.2 Å². The van der Waals surface area contributed by atoms with E-state index < -0.39 is 6.04 Å². The Bertz CT molecular complexity index is 826. The van der Waals surface area contributed by atoms with E-state index >= 15 is 0 Å². The summed E-state index contributed by atoms with van der Waals surface area (Å²) in [6.45, 7) is 6.70. The summed E-state index contributed by atoms with van der Waals surface area (Å²) in [5.41, 5.74) is 1.05. The molecule has 1 aromatic rings. The van der Waals surface area contributed by atoms with Crippen molar-refractivity contribution in [2.24, 2.45) is 4.99 Å². The quantitative estimate of drug-likeness (QED) is 0.505. The van der Waals surface area contributed by atoms with Gasteiger partial charge in [0.2, 0.25) is 11.9 Å². The monoisotopic (exact) mass is 403 g/mol. The number of carbonyl (C=O) groups is 2. The molecule has 2 saturated heterocycles. The van der Waals surface area contributed by atoms with Crippen LogP contribution in [0, 0.1) is 6.92 Å². The lowest BCUT2D eigenvalue weighted by molar-refractivity contribution is -0.677. The number of aryl methyl sites for hydroxylation is 1. The Morgan fingerprint density at radius 1 is 1.17 bits per heavy atom. The molecule has 3 aliphatic heterocycles. The van der Waals surface area contributed by atoms with Crippen LogP contribution in [0.5, 0.6) is 0 Å². The van der Waals surface area contributed by atoms with E-state index in [1.807, 2.05) is 17.7 Å². The van der Waals surface area contributed by atoms with Crippen LogP contribution in [0.3, 0.4) is 0 Å². The number of urea groups is 1. The number of aromatic nitrogens is 2. The van der Waals surface area contributed by atoms with Crippen molar-refractivity contribution in [1.82, 2.24) is 19.3 Å². The second-order valence-electron chi connectivity index (χ2n) is 8.08. The van der Waals surface area contributed by atoms with Crippen molar-refractivity contribution >= 4 is 23.7 Å². The van der Waals surface area contributed by atoms with E-state index in [0.717, 1.165) is 44.2 Å². The first-order valence-corrected chi connectivity index (χ1v) is 10.5. The molecule has 29 heavy (non-hydrogen) atoms. The number of piperidine rings is 1. The van der Waals surface area contributed by atoms with Crippen molar-refractivity contribution in [3.8, 4) is 0 Å². The maximum absolute atomic E-state index is 13.3. The predicted octanol–water partition coefficient (Wildman–Crippen LogP) is 1.09. The summed E-state index contributed by atoms with van der Waals surface area (Å²) in [6, 6.07) is -0.841. The van der Waals surface area contributed by atoms with Gasteiger partial charge in [0.1, 0.15) is 11.9 Å². The number of amidine groups is 1. The Labute approximate surface area is 171 Å². The molecule has 1 unspecified atom stereocenters. The number of hydrogen-bond donors (Lipinski definition) is 0. The van der Waals surface area contributed by atoms with Crippen LogP contribution in [0.4, 0.5) is 10.7 Å². The molecule has 0 bridgehead atoms. The molecule has 0 aromatic carbocycles. The minimum Gasteiger partial charge on any atom is -0.385 e. The zero-order valence-corrected chi connectivity index (χ0v) is 17.6. The summed E-state index contributed by atoms with van der Waals surface area (Å²) in [5, 5.41) is 0. The molecule has 9 heteroatoms. The summed E-state index contributed by atoms with van der Waals surface area (Å²) < 4.78 is 9.16. The van der Waals surface area contributed by atoms with E-state index in [0.29, 0.717) is 19.0 Å². The molecule has 0 spiro atoms. The number of rotatable bonds is 7. The van der Waals surface area contributed by atoms with Crippen molar-refractivity contribution in [2.45, 2.75) is 45.2 Å². The lowest BCUT2D eigenvalue weighted by Crippen LogP contribution is -2.63. The smallest absolute Gasteiger partial charge is 0.385 e. The molecule has 0 radical (unpaired) electrons. The number of nitrogens with zero attached hydrogens (tertiary/aromatic N) is 6. The fourth-order valence-corrected chi connectivity index (χ4v) is 4.50. The summed E-state index contributed by atoms with van der Waals surface area (Å²) in [7, 11) is 3.40. The Morgan fingerprint density at radius 3 is 2.66 bits per heavy atom. The zero-order chi connectivity index (χ0) is 20.5. The van der Waals surface area contributed by atoms with Crippen molar-refractivity contribution < 1.29 is 18.9 Å². The van der Waals surface area contributed by atoms with Crippen LogP contribution in [0.2, 0.25) is 0 Å². The molecular weight excluding hydrogens is 372 g/mol. The van der Waals surface area contributed by atoms with Crippen molar-refractivity contribution in [3.05, 3.63) is 11.9 Å². The van der Waals surface area contributed by atoms with Crippen LogP contribution < -0.4 is 4.57 Å². The highest BCUT2D eigenvalue weighted by Crippen LogP contribution is 2.29. The second kappa shape index (κ2) is 8.23. The van der Waals surface area contributed by atoms with Crippen LogP contribution in [-0.2, 0) is 16.1 Å². The Kier molecular flexibility index (Phi) is 5.69. The Balaban J connectivity index is 1.55. The first-order chi connectivity index (χ1) is 14.0. The molecular formula is C20H31N6O3+. The van der Waals surface area contributed by atoms with Crippen LogP contribution in [0.25, 0.3) is 0 Å². The predicted molar refractivity (Wildman–Crippen MR) is 107 cm³/mol. The standard InChI is InChI=1S/C20H31N6O3/c1-15-14-26-16-17(21-19(26)24(15)10-7-13-29-3)22(2)20(28)25(18(16)27)12-11-23-8-5-4-6-9-23/h14,16H,4-13H2,1-3H3/q+1. The van der Waals surface area contributed by atoms with Gasteiger partial charge in [-0.3, -0.25) is 14.6 Å². The van der Waals surface area contributed by atoms with Gasteiger partial charge in [-0.15, -0.1) is 0 Å². The first kappa shape index (κ1) is 20.0. The number of ether oxygens (including phenoxy) is 1. The van der Waals surface area contributed by atoms with Gasteiger partial charge < -0.3 is 9.64 Å². The van der Waals surface area contributed by atoms with Crippen LogP contribution in [0.1, 0.15) is 37.4 Å². The highest BCUT2D eigenvalue weighted by atomic mass is 16.5. The number of imidazole rings is 1. The van der Waals surface area contributed by atoms with Gasteiger partial charge in [0, 0.05) is 40.3 Å². The zero-order valence-electron chi connectivity index (χ0n) is 17.6. The highest BCUT2D eigenvalue weighted by molar-refractivity contribution is 6.19. The second-order valence-corrected chi connectivity index (χ2v) is 8.08. The van der Waals surface area contributed by atoms with Crippen LogP contribution >= 0.6 is 0 Å². The molecule has 0 N–H and O–H groups in total. The lowest BCUT2D eigenvalue weighted by Gasteiger charge is -2.35. The molecule has 9 nitrogen and oxygen atoms in total. The number of methoxy groups -OCH3 is 1. The van der Waals surface area contributed by atoms with Gasteiger partial charge in [-0.2, -0.15) is 0 Å². The normalized spacial score (nSPS) is 22.2. The minimum absolute atomic E-state index is 0.179. The Hall–Kier alpha value is -2.26.